The Morgan fingerprint density at radius 3 is 2.00 bits per heavy atom. The molecule has 9 heteroatoms. The van der Waals surface area contributed by atoms with Crippen molar-refractivity contribution < 1.29 is 22.3 Å². The van der Waals surface area contributed by atoms with Crippen LogP contribution in [0.4, 0.5) is 23.2 Å². The smallest absolute Gasteiger partial charge is 0.399 e. The van der Waals surface area contributed by atoms with Gasteiger partial charge in [0, 0.05) is 49.0 Å². The molecule has 41 heavy (non-hydrogen) atoms. The third-order valence-corrected chi connectivity index (χ3v) is 8.54. The van der Waals surface area contributed by atoms with E-state index in [4.69, 9.17) is 4.74 Å². The van der Waals surface area contributed by atoms with Gasteiger partial charge >= 0.3 is 6.18 Å². The predicted molar refractivity (Wildman–Crippen MR) is 165 cm³/mol. The number of alkyl halides is 4. The van der Waals surface area contributed by atoms with E-state index in [1.54, 1.807) is 42.5 Å². The van der Waals surface area contributed by atoms with Crippen LogP contribution in [0, 0.1) is 0 Å². The highest BCUT2D eigenvalue weighted by Crippen LogP contribution is 2.42. The van der Waals surface area contributed by atoms with Crippen LogP contribution in [-0.2, 0) is 12.0 Å². The summed E-state index contributed by atoms with van der Waals surface area (Å²) in [6, 6.07) is 26.2. The van der Waals surface area contributed by atoms with Crippen LogP contribution in [-0.4, -0.2) is 37.1 Å². The van der Waals surface area contributed by atoms with Crippen molar-refractivity contribution in [3.05, 3.63) is 106 Å². The second-order valence-corrected chi connectivity index (χ2v) is 12.1. The Morgan fingerprint density at radius 1 is 0.829 bits per heavy atom. The minimum Gasteiger partial charge on any atom is -0.497 e. The summed E-state index contributed by atoms with van der Waals surface area (Å²) in [5.41, 5.74) is 0.0214. The number of aromatic nitrogens is 1. The zero-order valence-electron chi connectivity index (χ0n) is 22.4. The summed E-state index contributed by atoms with van der Waals surface area (Å²) in [6.45, 7) is 0.421. The maximum atomic E-state index is 16.2. The molecule has 2 atom stereocenters. The van der Waals surface area contributed by atoms with Crippen molar-refractivity contribution in [1.29, 1.82) is 0 Å². The second kappa shape index (κ2) is 11.7. The number of halogens is 6. The molecule has 0 spiro atoms. The molecule has 5 aromatic rings. The monoisotopic (exact) mass is 690 g/mol. The SMILES string of the molecule is COc1cccc(N(CC(F)Cn2c3ccc(Br)cc3c3cc(Br)ccc32)CC(C)(c2ccccc2)C(F)(F)F)c1. The highest BCUT2D eigenvalue weighted by atomic mass is 79.9. The van der Waals surface area contributed by atoms with Gasteiger partial charge in [-0.25, -0.2) is 4.39 Å². The van der Waals surface area contributed by atoms with E-state index in [0.717, 1.165) is 30.8 Å². The lowest BCUT2D eigenvalue weighted by Gasteiger charge is -2.39. The molecule has 4 aromatic carbocycles. The molecule has 0 aliphatic heterocycles. The Balaban J connectivity index is 1.54. The molecular weight excluding hydrogens is 664 g/mol. The van der Waals surface area contributed by atoms with Gasteiger partial charge in [0.15, 0.2) is 0 Å². The first kappa shape index (κ1) is 29.5. The summed E-state index contributed by atoms with van der Waals surface area (Å²) in [6.07, 6.45) is -6.06. The number of hydrogen-bond acceptors (Lipinski definition) is 2. The van der Waals surface area contributed by atoms with Crippen LogP contribution in [0.25, 0.3) is 21.8 Å². The first-order valence-corrected chi connectivity index (χ1v) is 14.6. The Kier molecular flexibility index (Phi) is 8.39. The maximum absolute atomic E-state index is 16.2. The molecule has 214 valence electrons. The van der Waals surface area contributed by atoms with Crippen LogP contribution in [0.3, 0.4) is 0 Å². The van der Waals surface area contributed by atoms with Gasteiger partial charge in [0.05, 0.1) is 20.2 Å². The predicted octanol–water partition coefficient (Wildman–Crippen LogP) is 9.69. The van der Waals surface area contributed by atoms with Gasteiger partial charge in [0.25, 0.3) is 0 Å². The second-order valence-electron chi connectivity index (χ2n) is 10.3. The number of hydrogen-bond donors (Lipinski definition) is 0. The third kappa shape index (κ3) is 5.97. The Bertz CT molecular complexity index is 1610. The van der Waals surface area contributed by atoms with Crippen LogP contribution in [0.5, 0.6) is 5.75 Å². The number of rotatable bonds is 9. The molecule has 0 N–H and O–H groups in total. The summed E-state index contributed by atoms with van der Waals surface area (Å²) >= 11 is 7.05. The van der Waals surface area contributed by atoms with Crippen LogP contribution in [0.2, 0.25) is 0 Å². The van der Waals surface area contributed by atoms with Crippen molar-refractivity contribution in [2.24, 2.45) is 0 Å². The van der Waals surface area contributed by atoms with Crippen molar-refractivity contribution in [3.8, 4) is 5.75 Å². The van der Waals surface area contributed by atoms with Gasteiger partial charge in [0.2, 0.25) is 0 Å². The third-order valence-electron chi connectivity index (χ3n) is 7.55. The van der Waals surface area contributed by atoms with E-state index in [9.17, 15) is 13.2 Å². The van der Waals surface area contributed by atoms with Crippen molar-refractivity contribution in [2.45, 2.75) is 31.2 Å². The van der Waals surface area contributed by atoms with E-state index >= 15 is 4.39 Å². The van der Waals surface area contributed by atoms with Crippen LogP contribution >= 0.6 is 31.9 Å². The number of anilines is 1. The Labute approximate surface area is 253 Å². The fraction of sp³-hybridized carbons (Fsp3) is 0.250. The molecule has 0 fully saturated rings. The van der Waals surface area contributed by atoms with Gasteiger partial charge in [-0.3, -0.25) is 0 Å². The molecule has 0 aliphatic rings. The minimum atomic E-state index is -4.58. The summed E-state index contributed by atoms with van der Waals surface area (Å²) < 4.78 is 69.4. The number of methoxy groups -OCH3 is 1. The number of nitrogens with zero attached hydrogens (tertiary/aromatic N) is 2. The minimum absolute atomic E-state index is 0.0300. The number of ether oxygens (including phenoxy) is 1. The average Bonchev–Trinajstić information content (AvgIpc) is 3.23. The largest absolute Gasteiger partial charge is 0.497 e. The van der Waals surface area contributed by atoms with E-state index in [1.165, 1.54) is 31.1 Å². The average molecular weight is 692 g/mol. The van der Waals surface area contributed by atoms with Crippen molar-refractivity contribution in [2.75, 3.05) is 25.1 Å². The quantitative estimate of drug-likeness (QED) is 0.143. The van der Waals surface area contributed by atoms with Gasteiger partial charge in [0.1, 0.15) is 17.3 Å². The molecule has 5 rings (SSSR count). The standard InChI is InChI=1S/C32H28Br2F4N2O/c1-31(32(36,37)38,21-7-4-3-5-8-21)20-39(25-9-6-10-26(17-25)41-2)18-24(35)19-40-29-13-11-22(33)15-27(29)28-16-23(34)12-14-30(28)40/h3-17,24H,18-20H2,1-2H3. The Morgan fingerprint density at radius 2 is 1.44 bits per heavy atom. The molecule has 0 saturated heterocycles. The molecule has 0 aliphatic carbocycles. The van der Waals surface area contributed by atoms with Gasteiger partial charge in [-0.15, -0.1) is 0 Å². The molecule has 0 saturated carbocycles. The summed E-state index contributed by atoms with van der Waals surface area (Å²) in [4.78, 5) is 1.48. The molecule has 1 heterocycles. The molecular formula is C32H28Br2F4N2O. The van der Waals surface area contributed by atoms with Gasteiger partial charge in [-0.1, -0.05) is 68.3 Å². The highest BCUT2D eigenvalue weighted by molar-refractivity contribution is 9.10. The van der Waals surface area contributed by atoms with E-state index in [-0.39, 0.29) is 18.7 Å². The lowest BCUT2D eigenvalue weighted by molar-refractivity contribution is -0.183. The first-order valence-electron chi connectivity index (χ1n) is 13.0. The topological polar surface area (TPSA) is 17.4 Å². The number of fused-ring (bicyclic) bond motifs is 3. The Hall–Kier alpha value is -3.04. The van der Waals surface area contributed by atoms with Crippen molar-refractivity contribution in [3.63, 3.8) is 0 Å². The lowest BCUT2D eigenvalue weighted by atomic mass is 9.81. The molecule has 1 aromatic heterocycles. The maximum Gasteiger partial charge on any atom is 0.399 e. The van der Waals surface area contributed by atoms with E-state index in [2.05, 4.69) is 31.9 Å². The zero-order valence-corrected chi connectivity index (χ0v) is 25.6. The van der Waals surface area contributed by atoms with Gasteiger partial charge < -0.3 is 14.2 Å². The first-order chi connectivity index (χ1) is 19.5. The van der Waals surface area contributed by atoms with Crippen molar-refractivity contribution >= 4 is 59.4 Å². The van der Waals surface area contributed by atoms with Crippen LogP contribution < -0.4 is 9.64 Å². The highest BCUT2D eigenvalue weighted by Gasteiger charge is 2.53. The van der Waals surface area contributed by atoms with E-state index < -0.39 is 24.3 Å². The molecule has 0 amide bonds. The molecule has 3 nitrogen and oxygen atoms in total. The fourth-order valence-corrected chi connectivity index (χ4v) is 6.06. The van der Waals surface area contributed by atoms with E-state index in [0.29, 0.717) is 11.4 Å². The molecule has 2 unspecified atom stereocenters. The lowest BCUT2D eigenvalue weighted by Crippen LogP contribution is -2.50. The summed E-state index contributed by atoms with van der Waals surface area (Å²) in [5.74, 6) is 0.481. The van der Waals surface area contributed by atoms with Gasteiger partial charge in [-0.05, 0) is 61.0 Å². The van der Waals surface area contributed by atoms with Crippen molar-refractivity contribution in [1.82, 2.24) is 4.57 Å². The fourth-order valence-electron chi connectivity index (χ4n) is 5.34. The zero-order chi connectivity index (χ0) is 29.4. The molecule has 0 bridgehead atoms. The van der Waals surface area contributed by atoms with Crippen LogP contribution in [0.15, 0.2) is 99.9 Å². The van der Waals surface area contributed by atoms with Gasteiger partial charge in [-0.2, -0.15) is 13.2 Å². The normalized spacial score (nSPS) is 14.2. The summed E-state index contributed by atoms with van der Waals surface area (Å²) in [7, 11) is 1.49. The van der Waals surface area contributed by atoms with E-state index in [1.807, 2.05) is 41.0 Å². The molecule has 0 radical (unpaired) electrons. The summed E-state index contributed by atoms with van der Waals surface area (Å²) in [5, 5.41) is 1.92. The number of benzene rings is 4. The van der Waals surface area contributed by atoms with Crippen LogP contribution in [0.1, 0.15) is 12.5 Å².